The van der Waals surface area contributed by atoms with Gasteiger partial charge in [0.05, 0.1) is 18.3 Å². The molecule has 32 heavy (non-hydrogen) atoms. The molecule has 8 heteroatoms. The second-order valence-corrected chi connectivity index (χ2v) is 8.70. The monoisotopic (exact) mass is 431 g/mol. The van der Waals surface area contributed by atoms with Gasteiger partial charge in [0.1, 0.15) is 6.21 Å². The fourth-order valence-electron chi connectivity index (χ4n) is 3.66. The number of rotatable bonds is 5. The predicted octanol–water partition coefficient (Wildman–Crippen LogP) is 3.46. The van der Waals surface area contributed by atoms with Crippen molar-refractivity contribution in [3.8, 4) is 0 Å². The number of nitrogens with zero attached hydrogens (tertiary/aromatic N) is 4. The fraction of sp³-hybridized carbons (Fsp3) is 0.250. The van der Waals surface area contributed by atoms with Crippen LogP contribution in [0.4, 0.5) is 11.4 Å². The Labute approximate surface area is 187 Å². The Hall–Kier alpha value is -3.62. The third kappa shape index (κ3) is 4.23. The number of hydrogen-bond acceptors (Lipinski definition) is 6. The minimum absolute atomic E-state index is 0.0266. The van der Waals surface area contributed by atoms with E-state index in [1.54, 1.807) is 38.4 Å². The van der Waals surface area contributed by atoms with Gasteiger partial charge in [0.15, 0.2) is 11.9 Å². The maximum absolute atomic E-state index is 12.8. The Morgan fingerprint density at radius 1 is 1.12 bits per heavy atom. The molecule has 2 aliphatic rings. The topological polar surface area (TPSA) is 98.4 Å². The lowest BCUT2D eigenvalue weighted by Gasteiger charge is -2.25. The van der Waals surface area contributed by atoms with Crippen molar-refractivity contribution in [2.45, 2.75) is 33.2 Å². The van der Waals surface area contributed by atoms with Gasteiger partial charge >= 0.3 is 0 Å². The Morgan fingerprint density at radius 3 is 2.59 bits per heavy atom. The molecule has 0 aromatic heterocycles. The molecule has 0 spiro atoms. The highest BCUT2D eigenvalue weighted by atomic mass is 16.3. The number of aryl methyl sites for hydroxylation is 2. The van der Waals surface area contributed by atoms with Gasteiger partial charge in [-0.1, -0.05) is 16.7 Å². The molecule has 1 atom stereocenters. The van der Waals surface area contributed by atoms with Gasteiger partial charge in [-0.25, -0.2) is 0 Å². The number of benzene rings is 2. The van der Waals surface area contributed by atoms with E-state index < -0.39 is 5.54 Å². The number of aliphatic imine (C=N–C) groups is 2. The van der Waals surface area contributed by atoms with E-state index in [2.05, 4.69) is 26.7 Å². The van der Waals surface area contributed by atoms with Gasteiger partial charge < -0.3 is 15.7 Å². The van der Waals surface area contributed by atoms with Crippen LogP contribution in [0.3, 0.4) is 0 Å². The summed E-state index contributed by atoms with van der Waals surface area (Å²) in [5.74, 6) is 0.806. The van der Waals surface area contributed by atoms with Crippen LogP contribution in [0, 0.1) is 13.8 Å². The number of aliphatic hydroxyl groups is 1. The van der Waals surface area contributed by atoms with Crippen molar-refractivity contribution in [2.24, 2.45) is 15.1 Å². The van der Waals surface area contributed by atoms with Crippen LogP contribution in [-0.4, -0.2) is 41.2 Å². The summed E-state index contributed by atoms with van der Waals surface area (Å²) in [5.41, 5.74) is 3.69. The summed E-state index contributed by atoms with van der Waals surface area (Å²) < 4.78 is -0.0266. The van der Waals surface area contributed by atoms with Crippen molar-refractivity contribution < 1.29 is 9.90 Å². The summed E-state index contributed by atoms with van der Waals surface area (Å²) in [4.78, 5) is 21.6. The normalized spacial score (nSPS) is 19.3. The molecule has 0 saturated carbocycles. The van der Waals surface area contributed by atoms with Crippen molar-refractivity contribution in [3.05, 3.63) is 71.6 Å². The van der Waals surface area contributed by atoms with E-state index in [1.165, 1.54) is 0 Å². The van der Waals surface area contributed by atoms with Crippen molar-refractivity contribution in [1.29, 1.82) is 0 Å². The molecule has 0 bridgehead atoms. The molecule has 0 fully saturated rings. The maximum Gasteiger partial charge on any atom is 0.287 e. The SMILES string of the molecule is Cc1cc(C)cc(NC2=N[N+]3(c4cccc(C(=O)NC(C)(C)CO)c4)C=CN=CC3=N2)c1. The first kappa shape index (κ1) is 21.6. The number of amidine groups is 1. The Morgan fingerprint density at radius 2 is 1.88 bits per heavy atom. The standard InChI is InChI=1S/C24H26N6O2/c1-16-10-17(2)12-19(11-16)26-23-27-21-14-25-8-9-30(21,29-23)20-7-5-6-18(13-20)22(32)28-24(3,4)15-31/h5-14,31H,15H2,1-4H3,(H-,26,28,29,32)/p+1. The molecule has 4 rings (SSSR count). The van der Waals surface area contributed by atoms with Crippen molar-refractivity contribution in [3.63, 3.8) is 0 Å². The van der Waals surface area contributed by atoms with Crippen LogP contribution < -0.4 is 15.2 Å². The number of hydrogen-bond donors (Lipinski definition) is 3. The quantitative estimate of drug-likeness (QED) is 0.632. The first-order valence-corrected chi connectivity index (χ1v) is 10.4. The molecule has 0 saturated heterocycles. The van der Waals surface area contributed by atoms with Crippen LogP contribution in [0.5, 0.6) is 0 Å². The van der Waals surface area contributed by atoms with E-state index in [1.807, 2.05) is 44.3 Å². The Bertz CT molecular complexity index is 1170. The number of amides is 1. The van der Waals surface area contributed by atoms with Gasteiger partial charge in [0.2, 0.25) is 0 Å². The third-order valence-corrected chi connectivity index (χ3v) is 5.21. The maximum atomic E-state index is 12.8. The van der Waals surface area contributed by atoms with Gasteiger partial charge in [0, 0.05) is 23.4 Å². The van der Waals surface area contributed by atoms with E-state index in [-0.39, 0.29) is 17.1 Å². The van der Waals surface area contributed by atoms with Crippen LogP contribution in [-0.2, 0) is 0 Å². The molecule has 3 N–H and O–H groups in total. The predicted molar refractivity (Wildman–Crippen MR) is 129 cm³/mol. The summed E-state index contributed by atoms with van der Waals surface area (Å²) in [6, 6.07) is 13.4. The van der Waals surface area contributed by atoms with Crippen LogP contribution in [0.1, 0.15) is 35.3 Å². The zero-order valence-corrected chi connectivity index (χ0v) is 18.6. The number of quaternary nitrogens is 1. The zero-order chi connectivity index (χ0) is 22.9. The number of fused-ring (bicyclic) bond motifs is 1. The summed E-state index contributed by atoms with van der Waals surface area (Å²) >= 11 is 0. The van der Waals surface area contributed by atoms with Crippen LogP contribution in [0.15, 0.2) is 70.0 Å². The lowest BCUT2D eigenvalue weighted by Crippen LogP contribution is -2.46. The molecule has 2 aromatic rings. The molecule has 0 aliphatic carbocycles. The van der Waals surface area contributed by atoms with E-state index in [4.69, 9.17) is 5.10 Å². The van der Waals surface area contributed by atoms with Crippen LogP contribution in [0.2, 0.25) is 0 Å². The first-order valence-electron chi connectivity index (χ1n) is 10.4. The second kappa shape index (κ2) is 8.14. The number of guanidine groups is 1. The smallest absolute Gasteiger partial charge is 0.287 e. The highest BCUT2D eigenvalue weighted by Gasteiger charge is 2.43. The van der Waals surface area contributed by atoms with E-state index in [9.17, 15) is 9.90 Å². The second-order valence-electron chi connectivity index (χ2n) is 8.70. The van der Waals surface area contributed by atoms with Gasteiger partial charge in [0.25, 0.3) is 17.7 Å². The minimum Gasteiger partial charge on any atom is -0.394 e. The lowest BCUT2D eigenvalue weighted by atomic mass is 10.1. The molecule has 1 amide bonds. The molecule has 8 nitrogen and oxygen atoms in total. The van der Waals surface area contributed by atoms with Crippen molar-refractivity contribution in [1.82, 2.24) is 9.91 Å². The van der Waals surface area contributed by atoms with Gasteiger partial charge in [-0.2, -0.15) is 4.99 Å². The number of aliphatic hydroxyl groups excluding tert-OH is 1. The highest BCUT2D eigenvalue weighted by Crippen LogP contribution is 2.32. The Balaban J connectivity index is 1.69. The number of carbonyl (C=O) groups excluding carboxylic acids is 1. The van der Waals surface area contributed by atoms with Crippen molar-refractivity contribution in [2.75, 3.05) is 11.9 Å². The molecule has 0 radical (unpaired) electrons. The molecule has 2 aromatic carbocycles. The molecule has 2 heterocycles. The highest BCUT2D eigenvalue weighted by molar-refractivity contribution is 6.38. The minimum atomic E-state index is -0.723. The average molecular weight is 432 g/mol. The Kier molecular flexibility index (Phi) is 5.50. The zero-order valence-electron chi connectivity index (χ0n) is 18.6. The van der Waals surface area contributed by atoms with Crippen molar-refractivity contribution >= 4 is 35.3 Å². The summed E-state index contributed by atoms with van der Waals surface area (Å²) in [5, 5.41) is 20.5. The molecule has 1 unspecified atom stereocenters. The van der Waals surface area contributed by atoms with Crippen LogP contribution >= 0.6 is 0 Å². The number of anilines is 1. The first-order chi connectivity index (χ1) is 15.2. The lowest BCUT2D eigenvalue weighted by molar-refractivity contribution is 0.0869. The summed E-state index contributed by atoms with van der Waals surface area (Å²) in [6.07, 6.45) is 5.16. The summed E-state index contributed by atoms with van der Waals surface area (Å²) in [6.45, 7) is 7.46. The fourth-order valence-corrected chi connectivity index (χ4v) is 3.66. The molecular formula is C24H27N6O2+. The van der Waals surface area contributed by atoms with E-state index in [0.29, 0.717) is 17.4 Å². The molecule has 2 aliphatic heterocycles. The van der Waals surface area contributed by atoms with Crippen LogP contribution in [0.25, 0.3) is 0 Å². The van der Waals surface area contributed by atoms with E-state index >= 15 is 0 Å². The van der Waals surface area contributed by atoms with Gasteiger partial charge in [-0.15, -0.1) is 0 Å². The van der Waals surface area contributed by atoms with Gasteiger partial charge in [-0.3, -0.25) is 9.79 Å². The number of nitrogens with one attached hydrogen (secondary N) is 2. The third-order valence-electron chi connectivity index (χ3n) is 5.21. The van der Waals surface area contributed by atoms with E-state index in [0.717, 1.165) is 22.5 Å². The van der Waals surface area contributed by atoms with Gasteiger partial charge in [-0.05, 0) is 62.1 Å². The average Bonchev–Trinajstić information content (AvgIpc) is 3.12. The molecule has 164 valence electrons. The summed E-state index contributed by atoms with van der Waals surface area (Å²) in [7, 11) is 0. The number of carbonyl (C=O) groups is 1. The largest absolute Gasteiger partial charge is 0.394 e. The molecular weight excluding hydrogens is 404 g/mol.